The van der Waals surface area contributed by atoms with E-state index in [0.29, 0.717) is 22.4 Å². The number of aldehydes is 1. The fourth-order valence-corrected chi connectivity index (χ4v) is 5.68. The minimum absolute atomic E-state index is 0.215. The third-order valence-electron chi connectivity index (χ3n) is 7.41. The van der Waals surface area contributed by atoms with Crippen LogP contribution in [-0.4, -0.2) is 65.2 Å². The number of rotatable bonds is 8. The van der Waals surface area contributed by atoms with Crippen LogP contribution in [0.2, 0.25) is 0 Å². The van der Waals surface area contributed by atoms with Crippen LogP contribution in [0, 0.1) is 11.7 Å². The van der Waals surface area contributed by atoms with Gasteiger partial charge in [-0.3, -0.25) is 4.90 Å². The molecule has 1 aliphatic heterocycles. The number of benzene rings is 1. The van der Waals surface area contributed by atoms with Crippen LogP contribution >= 0.6 is 15.9 Å². The van der Waals surface area contributed by atoms with Gasteiger partial charge >= 0.3 is 0 Å². The van der Waals surface area contributed by atoms with E-state index in [4.69, 9.17) is 0 Å². The molecule has 0 amide bonds. The number of aromatic nitrogens is 2. The molecule has 2 unspecified atom stereocenters. The van der Waals surface area contributed by atoms with E-state index in [1.165, 1.54) is 18.9 Å². The summed E-state index contributed by atoms with van der Waals surface area (Å²) in [4.78, 5) is 25.7. The van der Waals surface area contributed by atoms with Gasteiger partial charge < -0.3 is 20.1 Å². The molecule has 5 rings (SSSR count). The van der Waals surface area contributed by atoms with Crippen LogP contribution in [0.4, 0.5) is 10.2 Å². The lowest BCUT2D eigenvalue weighted by Gasteiger charge is -2.42. The minimum atomic E-state index is -0.600. The zero-order valence-corrected chi connectivity index (χ0v) is 20.9. The van der Waals surface area contributed by atoms with Gasteiger partial charge in [0.15, 0.2) is 0 Å². The molecular formula is C25H31BrFN5O2. The molecule has 182 valence electrons. The predicted molar refractivity (Wildman–Crippen MR) is 131 cm³/mol. The summed E-state index contributed by atoms with van der Waals surface area (Å²) in [7, 11) is 0. The second-order valence-electron chi connectivity index (χ2n) is 9.80. The van der Waals surface area contributed by atoms with Gasteiger partial charge in [0.2, 0.25) is 0 Å². The molecule has 0 bridgehead atoms. The maximum absolute atomic E-state index is 14.8. The molecule has 2 heterocycles. The van der Waals surface area contributed by atoms with Crippen molar-refractivity contribution in [3.63, 3.8) is 0 Å². The lowest BCUT2D eigenvalue weighted by molar-refractivity contribution is -0.111. The van der Waals surface area contributed by atoms with E-state index in [9.17, 15) is 14.3 Å². The Balaban J connectivity index is 1.35. The number of halogens is 2. The van der Waals surface area contributed by atoms with Crippen LogP contribution in [0.3, 0.4) is 0 Å². The van der Waals surface area contributed by atoms with Crippen molar-refractivity contribution < 1.29 is 14.3 Å². The van der Waals surface area contributed by atoms with Crippen molar-refractivity contribution in [2.45, 2.75) is 50.3 Å². The summed E-state index contributed by atoms with van der Waals surface area (Å²) >= 11 is 3.31. The number of carbonyl (C=O) groups is 1. The van der Waals surface area contributed by atoms with Gasteiger partial charge in [-0.05, 0) is 49.8 Å². The smallest absolute Gasteiger partial charge is 0.135 e. The Labute approximate surface area is 207 Å². The number of piperazine rings is 1. The first-order valence-corrected chi connectivity index (χ1v) is 12.9. The summed E-state index contributed by atoms with van der Waals surface area (Å²) in [6, 6.07) is 4.92. The number of aliphatic hydroxyl groups excluding tert-OH is 1. The number of anilines is 1. The second-order valence-corrected chi connectivity index (χ2v) is 10.7. The predicted octanol–water partition coefficient (Wildman–Crippen LogP) is 3.35. The van der Waals surface area contributed by atoms with E-state index in [2.05, 4.69) is 47.9 Å². The van der Waals surface area contributed by atoms with E-state index in [0.717, 1.165) is 56.1 Å². The van der Waals surface area contributed by atoms with Crippen LogP contribution in [0.25, 0.3) is 0 Å². The van der Waals surface area contributed by atoms with Gasteiger partial charge in [-0.1, -0.05) is 28.9 Å². The molecule has 1 saturated heterocycles. The molecule has 1 aromatic heterocycles. The van der Waals surface area contributed by atoms with Crippen molar-refractivity contribution in [3.8, 4) is 0 Å². The first-order chi connectivity index (χ1) is 16.5. The molecule has 2 aliphatic carbocycles. The highest BCUT2D eigenvalue weighted by Crippen LogP contribution is 2.43. The molecule has 2 fully saturated rings. The minimum Gasteiger partial charge on any atom is -0.387 e. The van der Waals surface area contributed by atoms with E-state index in [1.807, 2.05) is 0 Å². The van der Waals surface area contributed by atoms with E-state index in [1.54, 1.807) is 18.5 Å². The number of nitrogens with one attached hydrogen (secondary N) is 1. The lowest BCUT2D eigenvalue weighted by atomic mass is 9.95. The Morgan fingerprint density at radius 1 is 1.26 bits per heavy atom. The van der Waals surface area contributed by atoms with Crippen LogP contribution in [0.15, 0.2) is 29.0 Å². The van der Waals surface area contributed by atoms with Crippen molar-refractivity contribution in [1.29, 1.82) is 0 Å². The molecule has 1 aromatic carbocycles. The number of nitrogens with zero attached hydrogens (tertiary/aromatic N) is 4. The fraction of sp³-hybridized carbons (Fsp3) is 0.560. The largest absolute Gasteiger partial charge is 0.387 e. The Bertz CT molecular complexity index is 1040. The quantitative estimate of drug-likeness (QED) is 0.505. The third kappa shape index (κ3) is 4.76. The molecule has 1 saturated carbocycles. The first-order valence-electron chi connectivity index (χ1n) is 12.1. The van der Waals surface area contributed by atoms with Crippen molar-refractivity contribution in [1.82, 2.24) is 20.2 Å². The van der Waals surface area contributed by atoms with E-state index in [-0.39, 0.29) is 17.9 Å². The average Bonchev–Trinajstić information content (AvgIpc) is 3.61. The van der Waals surface area contributed by atoms with E-state index < -0.39 is 12.0 Å². The fourth-order valence-electron chi connectivity index (χ4n) is 5.35. The zero-order chi connectivity index (χ0) is 23.8. The molecule has 2 aromatic rings. The molecule has 9 heteroatoms. The van der Waals surface area contributed by atoms with Gasteiger partial charge in [0, 0.05) is 41.8 Å². The number of fused-ring (bicyclic) bond motifs is 1. The van der Waals surface area contributed by atoms with Crippen LogP contribution in [-0.2, 0) is 4.79 Å². The van der Waals surface area contributed by atoms with Gasteiger partial charge in [0.05, 0.1) is 23.9 Å². The SMILES string of the molecule is C[C@@H]1C[C@H](O)c2ncnc(N3CCN(C(NCC4CC4)C(C=O)c4ccc(Br)cc4F)CC3)c21. The monoisotopic (exact) mass is 531 g/mol. The number of aliphatic hydroxyl groups is 1. The number of carbonyl (C=O) groups excluding carboxylic acids is 1. The lowest BCUT2D eigenvalue weighted by Crippen LogP contribution is -2.57. The molecule has 0 spiro atoms. The summed E-state index contributed by atoms with van der Waals surface area (Å²) in [5.41, 5.74) is 2.22. The highest BCUT2D eigenvalue weighted by atomic mass is 79.9. The van der Waals surface area contributed by atoms with Crippen molar-refractivity contribution in [3.05, 3.63) is 51.6 Å². The average molecular weight is 532 g/mol. The summed E-state index contributed by atoms with van der Waals surface area (Å²) < 4.78 is 15.5. The summed E-state index contributed by atoms with van der Waals surface area (Å²) in [5, 5.41) is 13.9. The molecule has 0 radical (unpaired) electrons. The maximum Gasteiger partial charge on any atom is 0.135 e. The maximum atomic E-state index is 14.8. The van der Waals surface area contributed by atoms with Gasteiger partial charge in [-0.25, -0.2) is 14.4 Å². The standard InChI is InChI=1S/C25H31BrFN5O2/c1-15-10-21(34)23-22(15)25(30-14-29-23)32-8-6-31(7-9-32)24(28-12-16-2-3-16)19(13-33)18-5-4-17(26)11-20(18)27/h4-5,11,13-16,19,21,24,28,34H,2-3,6-10,12H2,1H3/t15-,19?,21+,24?/m1/s1. The first kappa shape index (κ1) is 23.8. The van der Waals surface area contributed by atoms with Crippen LogP contribution < -0.4 is 10.2 Å². The third-order valence-corrected chi connectivity index (χ3v) is 7.90. The van der Waals surface area contributed by atoms with Crippen LogP contribution in [0.1, 0.15) is 60.9 Å². The van der Waals surface area contributed by atoms with Crippen LogP contribution in [0.5, 0.6) is 0 Å². The summed E-state index contributed by atoms with van der Waals surface area (Å²) in [5.74, 6) is 0.792. The van der Waals surface area contributed by atoms with Gasteiger partial charge in [0.25, 0.3) is 0 Å². The number of hydrogen-bond donors (Lipinski definition) is 2. The Morgan fingerprint density at radius 2 is 2.03 bits per heavy atom. The van der Waals surface area contributed by atoms with Gasteiger partial charge in [0.1, 0.15) is 24.2 Å². The molecular weight excluding hydrogens is 501 g/mol. The Hall–Kier alpha value is -1.94. The summed E-state index contributed by atoms with van der Waals surface area (Å²) in [6.45, 7) is 5.87. The van der Waals surface area contributed by atoms with E-state index >= 15 is 0 Å². The van der Waals surface area contributed by atoms with Crippen molar-refractivity contribution in [2.24, 2.45) is 5.92 Å². The normalized spacial score (nSPS) is 24.6. The Morgan fingerprint density at radius 3 is 2.71 bits per heavy atom. The molecule has 3 aliphatic rings. The summed E-state index contributed by atoms with van der Waals surface area (Å²) in [6.07, 6.45) is 4.70. The highest BCUT2D eigenvalue weighted by Gasteiger charge is 2.37. The molecule has 4 atom stereocenters. The van der Waals surface area contributed by atoms with Crippen molar-refractivity contribution in [2.75, 3.05) is 37.6 Å². The topological polar surface area (TPSA) is 81.6 Å². The molecule has 2 N–H and O–H groups in total. The van der Waals surface area contributed by atoms with Gasteiger partial charge in [-0.2, -0.15) is 0 Å². The number of hydrogen-bond acceptors (Lipinski definition) is 7. The van der Waals surface area contributed by atoms with Gasteiger partial charge in [-0.15, -0.1) is 0 Å². The highest BCUT2D eigenvalue weighted by molar-refractivity contribution is 9.10. The zero-order valence-electron chi connectivity index (χ0n) is 19.3. The Kier molecular flexibility index (Phi) is 6.97. The molecule has 34 heavy (non-hydrogen) atoms. The van der Waals surface area contributed by atoms with Crippen molar-refractivity contribution >= 4 is 28.0 Å². The molecule has 7 nitrogen and oxygen atoms in total. The second kappa shape index (κ2) is 9.97.